The molecular formula is C12H20O6. The fraction of sp³-hybridized carbons (Fsp3) is 0.833. The Morgan fingerprint density at radius 1 is 1.44 bits per heavy atom. The van der Waals surface area contributed by atoms with Crippen LogP contribution in [0.3, 0.4) is 0 Å². The molecule has 3 atom stereocenters. The van der Waals surface area contributed by atoms with E-state index in [1.807, 2.05) is 0 Å². The van der Waals surface area contributed by atoms with Gasteiger partial charge in [0.2, 0.25) is 6.29 Å². The van der Waals surface area contributed by atoms with Crippen LogP contribution in [0, 0.1) is 11.8 Å². The molecule has 1 aliphatic rings. The summed E-state index contributed by atoms with van der Waals surface area (Å²) in [5, 5.41) is 8.94. The van der Waals surface area contributed by atoms with Gasteiger partial charge in [0.25, 0.3) is 0 Å². The molecule has 1 aliphatic heterocycles. The zero-order valence-electron chi connectivity index (χ0n) is 10.8. The van der Waals surface area contributed by atoms with Gasteiger partial charge in [-0.25, -0.2) is 0 Å². The smallest absolute Gasteiger partial charge is 0.312 e. The van der Waals surface area contributed by atoms with Gasteiger partial charge in [-0.15, -0.1) is 0 Å². The lowest BCUT2D eigenvalue weighted by Gasteiger charge is -2.30. The molecule has 0 saturated carbocycles. The molecule has 1 rings (SSSR count). The third-order valence-electron chi connectivity index (χ3n) is 2.89. The van der Waals surface area contributed by atoms with E-state index in [1.165, 1.54) is 13.8 Å². The maximum atomic E-state index is 11.9. The van der Waals surface area contributed by atoms with Gasteiger partial charge in [0.15, 0.2) is 0 Å². The molecule has 1 N–H and O–H groups in total. The highest BCUT2D eigenvalue weighted by Crippen LogP contribution is 2.26. The predicted octanol–water partition coefficient (Wildman–Crippen LogP) is 0.474. The van der Waals surface area contributed by atoms with Crippen LogP contribution < -0.4 is 0 Å². The van der Waals surface area contributed by atoms with E-state index in [0.29, 0.717) is 26.1 Å². The summed E-state index contributed by atoms with van der Waals surface area (Å²) in [6.45, 7) is 3.72. The van der Waals surface area contributed by atoms with E-state index in [2.05, 4.69) is 0 Å². The maximum absolute atomic E-state index is 11.9. The molecule has 0 aromatic carbocycles. The van der Waals surface area contributed by atoms with Gasteiger partial charge in [0.05, 0.1) is 12.5 Å². The second kappa shape index (κ2) is 7.33. The van der Waals surface area contributed by atoms with Crippen LogP contribution in [0.4, 0.5) is 0 Å². The van der Waals surface area contributed by atoms with Gasteiger partial charge in [0, 0.05) is 27.1 Å². The van der Waals surface area contributed by atoms with E-state index >= 15 is 0 Å². The number of carbonyl (C=O) groups is 2. The van der Waals surface area contributed by atoms with Crippen LogP contribution in [0.15, 0.2) is 0 Å². The molecule has 0 spiro atoms. The van der Waals surface area contributed by atoms with Crippen molar-refractivity contribution in [2.24, 2.45) is 11.8 Å². The number of hydrogen-bond donors (Lipinski definition) is 1. The van der Waals surface area contributed by atoms with Crippen molar-refractivity contribution < 1.29 is 28.9 Å². The van der Waals surface area contributed by atoms with E-state index in [1.54, 1.807) is 0 Å². The molecule has 3 unspecified atom stereocenters. The molecule has 0 aromatic heterocycles. The minimum atomic E-state index is -0.882. The summed E-state index contributed by atoms with van der Waals surface area (Å²) in [7, 11) is 0. The number of carbonyl (C=O) groups excluding carboxylic acids is 2. The van der Waals surface area contributed by atoms with Gasteiger partial charge in [0.1, 0.15) is 0 Å². The van der Waals surface area contributed by atoms with E-state index in [0.717, 1.165) is 0 Å². The molecule has 18 heavy (non-hydrogen) atoms. The monoisotopic (exact) mass is 260 g/mol. The van der Waals surface area contributed by atoms with E-state index in [4.69, 9.17) is 19.3 Å². The summed E-state index contributed by atoms with van der Waals surface area (Å²) < 4.78 is 15.1. The van der Waals surface area contributed by atoms with Crippen LogP contribution in [-0.2, 0) is 23.8 Å². The van der Waals surface area contributed by atoms with E-state index in [9.17, 15) is 9.59 Å². The predicted molar refractivity (Wildman–Crippen MR) is 61.4 cm³/mol. The lowest BCUT2D eigenvalue weighted by molar-refractivity contribution is -0.190. The van der Waals surface area contributed by atoms with Gasteiger partial charge >= 0.3 is 11.9 Å². The molecule has 0 aliphatic carbocycles. The highest BCUT2D eigenvalue weighted by atomic mass is 16.7. The second-order valence-electron chi connectivity index (χ2n) is 4.36. The van der Waals surface area contributed by atoms with Crippen LogP contribution in [0.25, 0.3) is 0 Å². The molecular weight excluding hydrogens is 240 g/mol. The van der Waals surface area contributed by atoms with Gasteiger partial charge in [-0.05, 0) is 18.8 Å². The number of esters is 2. The summed E-state index contributed by atoms with van der Waals surface area (Å²) >= 11 is 0. The highest BCUT2D eigenvalue weighted by molar-refractivity contribution is 5.73. The van der Waals surface area contributed by atoms with Crippen molar-refractivity contribution in [2.45, 2.75) is 33.0 Å². The van der Waals surface area contributed by atoms with Crippen LogP contribution >= 0.6 is 0 Å². The van der Waals surface area contributed by atoms with Crippen molar-refractivity contribution in [2.75, 3.05) is 19.8 Å². The number of rotatable bonds is 5. The Morgan fingerprint density at radius 3 is 2.78 bits per heavy atom. The van der Waals surface area contributed by atoms with Crippen molar-refractivity contribution in [1.29, 1.82) is 0 Å². The summed E-state index contributed by atoms with van der Waals surface area (Å²) in [5.41, 5.74) is 0. The fourth-order valence-electron chi connectivity index (χ4n) is 2.07. The SMILES string of the molecule is CC(=O)OC(C)OC(=O)C1CCOCC1CCO. The molecule has 1 heterocycles. The first-order chi connectivity index (χ1) is 8.54. The molecule has 6 nitrogen and oxygen atoms in total. The fourth-order valence-corrected chi connectivity index (χ4v) is 2.07. The molecule has 6 heteroatoms. The Kier molecular flexibility index (Phi) is 6.07. The third kappa shape index (κ3) is 4.62. The largest absolute Gasteiger partial charge is 0.426 e. The minimum absolute atomic E-state index is 0.0112. The van der Waals surface area contributed by atoms with Crippen molar-refractivity contribution in [3.63, 3.8) is 0 Å². The molecule has 104 valence electrons. The maximum Gasteiger partial charge on any atom is 0.312 e. The van der Waals surface area contributed by atoms with Crippen LogP contribution in [0.2, 0.25) is 0 Å². The topological polar surface area (TPSA) is 82.1 Å². The Balaban J connectivity index is 2.49. The van der Waals surface area contributed by atoms with Crippen molar-refractivity contribution in [3.05, 3.63) is 0 Å². The molecule has 0 amide bonds. The Hall–Kier alpha value is -1.14. The third-order valence-corrected chi connectivity index (χ3v) is 2.89. The zero-order valence-corrected chi connectivity index (χ0v) is 10.8. The average Bonchev–Trinajstić information content (AvgIpc) is 2.28. The molecule has 0 aromatic rings. The number of aliphatic hydroxyl groups is 1. The van der Waals surface area contributed by atoms with Gasteiger partial charge in [-0.2, -0.15) is 0 Å². The van der Waals surface area contributed by atoms with Crippen molar-refractivity contribution in [1.82, 2.24) is 0 Å². The molecule has 1 saturated heterocycles. The second-order valence-corrected chi connectivity index (χ2v) is 4.36. The summed E-state index contributed by atoms with van der Waals surface area (Å²) in [6.07, 6.45) is 0.186. The van der Waals surface area contributed by atoms with Crippen molar-refractivity contribution in [3.8, 4) is 0 Å². The quantitative estimate of drug-likeness (QED) is 0.571. The van der Waals surface area contributed by atoms with Gasteiger partial charge < -0.3 is 19.3 Å². The van der Waals surface area contributed by atoms with Gasteiger partial charge in [-0.1, -0.05) is 0 Å². The lowest BCUT2D eigenvalue weighted by atomic mass is 9.86. The van der Waals surface area contributed by atoms with Crippen molar-refractivity contribution >= 4 is 11.9 Å². The van der Waals surface area contributed by atoms with Crippen LogP contribution in [-0.4, -0.2) is 43.2 Å². The Morgan fingerprint density at radius 2 is 2.17 bits per heavy atom. The standard InChI is InChI=1S/C12H20O6/c1-8(14)17-9(2)18-12(15)11-4-6-16-7-10(11)3-5-13/h9-11,13H,3-7H2,1-2H3. The average molecular weight is 260 g/mol. The van der Waals surface area contributed by atoms with E-state index < -0.39 is 18.2 Å². The number of ether oxygens (including phenoxy) is 3. The zero-order chi connectivity index (χ0) is 13.5. The highest BCUT2D eigenvalue weighted by Gasteiger charge is 2.33. The summed E-state index contributed by atoms with van der Waals surface area (Å²) in [6, 6.07) is 0. The molecule has 0 radical (unpaired) electrons. The molecule has 1 fully saturated rings. The lowest BCUT2D eigenvalue weighted by Crippen LogP contribution is -2.36. The van der Waals surface area contributed by atoms with Gasteiger partial charge in [-0.3, -0.25) is 9.59 Å². The Bertz CT molecular complexity index is 288. The first-order valence-electron chi connectivity index (χ1n) is 6.11. The molecule has 0 bridgehead atoms. The first kappa shape index (κ1) is 14.9. The number of aliphatic hydroxyl groups excluding tert-OH is 1. The number of hydrogen-bond acceptors (Lipinski definition) is 6. The summed E-state index contributed by atoms with van der Waals surface area (Å²) in [4.78, 5) is 22.6. The first-order valence-corrected chi connectivity index (χ1v) is 6.11. The summed E-state index contributed by atoms with van der Waals surface area (Å²) in [5.74, 6) is -1.23. The normalized spacial score (nSPS) is 25.3. The van der Waals surface area contributed by atoms with Crippen LogP contribution in [0.5, 0.6) is 0 Å². The minimum Gasteiger partial charge on any atom is -0.426 e. The van der Waals surface area contributed by atoms with E-state index in [-0.39, 0.29) is 18.4 Å². The Labute approximate surface area is 106 Å². The van der Waals surface area contributed by atoms with Crippen LogP contribution in [0.1, 0.15) is 26.7 Å².